The van der Waals surface area contributed by atoms with Crippen molar-refractivity contribution in [1.82, 2.24) is 14.5 Å². The summed E-state index contributed by atoms with van der Waals surface area (Å²) in [5.74, 6) is 0.408. The maximum Gasteiger partial charge on any atom is 0.182 e. The van der Waals surface area contributed by atoms with E-state index in [2.05, 4.69) is 9.97 Å². The van der Waals surface area contributed by atoms with Crippen molar-refractivity contribution in [2.45, 2.75) is 25.3 Å². The summed E-state index contributed by atoms with van der Waals surface area (Å²) in [7, 11) is -3.80. The van der Waals surface area contributed by atoms with E-state index in [0.29, 0.717) is 33.2 Å². The molecule has 7 nitrogen and oxygen atoms in total. The van der Waals surface area contributed by atoms with Gasteiger partial charge in [-0.05, 0) is 61.4 Å². The number of hydrogen-bond donors (Lipinski definition) is 1. The first-order valence-electron chi connectivity index (χ1n) is 11.6. The molecule has 38 heavy (non-hydrogen) atoms. The number of aliphatic hydroxyl groups excluding tert-OH is 1. The summed E-state index contributed by atoms with van der Waals surface area (Å²) >= 11 is 6.08. The third-order valence-corrected chi connectivity index (χ3v) is 7.65. The molecule has 5 rings (SSSR count). The second-order valence-corrected chi connectivity index (χ2v) is 11.4. The SMILES string of the molecule is Cc1cn(-c2ccc(-c3cc(F)c(CO)c(S(C)(=O)=O)c3)cc2-c2ocnc2-c2ccc(Cl)cc2)c(C)n1. The maximum atomic E-state index is 14.9. The van der Waals surface area contributed by atoms with Crippen molar-refractivity contribution in [1.29, 1.82) is 0 Å². The van der Waals surface area contributed by atoms with Gasteiger partial charge in [0.25, 0.3) is 0 Å². The van der Waals surface area contributed by atoms with Gasteiger partial charge in [-0.1, -0.05) is 29.8 Å². The number of nitrogens with zero attached hydrogens (tertiary/aromatic N) is 3. The highest BCUT2D eigenvalue weighted by Crippen LogP contribution is 2.39. The molecule has 0 saturated heterocycles. The summed E-state index contributed by atoms with van der Waals surface area (Å²) in [4.78, 5) is 8.69. The highest BCUT2D eigenvalue weighted by Gasteiger charge is 2.22. The summed E-state index contributed by atoms with van der Waals surface area (Å²) in [5, 5.41) is 10.2. The van der Waals surface area contributed by atoms with Crippen molar-refractivity contribution in [2.24, 2.45) is 0 Å². The van der Waals surface area contributed by atoms with E-state index in [4.69, 9.17) is 16.0 Å². The minimum atomic E-state index is -3.80. The lowest BCUT2D eigenvalue weighted by molar-refractivity contribution is 0.272. The van der Waals surface area contributed by atoms with Crippen LogP contribution in [0.4, 0.5) is 4.39 Å². The highest BCUT2D eigenvalue weighted by atomic mass is 35.5. The zero-order valence-electron chi connectivity index (χ0n) is 20.7. The van der Waals surface area contributed by atoms with Gasteiger partial charge >= 0.3 is 0 Å². The Morgan fingerprint density at radius 2 is 1.74 bits per heavy atom. The van der Waals surface area contributed by atoms with Gasteiger partial charge in [0.15, 0.2) is 22.0 Å². The molecule has 3 aromatic carbocycles. The smallest absolute Gasteiger partial charge is 0.182 e. The average molecular weight is 552 g/mol. The monoisotopic (exact) mass is 551 g/mol. The Morgan fingerprint density at radius 3 is 2.37 bits per heavy atom. The Hall–Kier alpha value is -3.79. The van der Waals surface area contributed by atoms with Crippen LogP contribution in [-0.4, -0.2) is 34.3 Å². The summed E-state index contributed by atoms with van der Waals surface area (Å²) in [6.07, 6.45) is 4.22. The van der Waals surface area contributed by atoms with Crippen LogP contribution in [0.1, 0.15) is 17.1 Å². The van der Waals surface area contributed by atoms with E-state index in [1.54, 1.807) is 24.3 Å². The van der Waals surface area contributed by atoms with Crippen LogP contribution in [0, 0.1) is 19.7 Å². The fourth-order valence-electron chi connectivity index (χ4n) is 4.48. The maximum absolute atomic E-state index is 14.9. The van der Waals surface area contributed by atoms with E-state index in [-0.39, 0.29) is 10.5 Å². The molecule has 194 valence electrons. The number of aryl methyl sites for hydroxylation is 2. The quantitative estimate of drug-likeness (QED) is 0.271. The van der Waals surface area contributed by atoms with Crippen LogP contribution in [0.15, 0.2) is 76.5 Å². The van der Waals surface area contributed by atoms with Crippen molar-refractivity contribution < 1.29 is 22.3 Å². The first-order valence-corrected chi connectivity index (χ1v) is 13.8. The van der Waals surface area contributed by atoms with Crippen LogP contribution in [0.5, 0.6) is 0 Å². The van der Waals surface area contributed by atoms with Gasteiger partial charge in [-0.3, -0.25) is 0 Å². The van der Waals surface area contributed by atoms with E-state index in [1.807, 2.05) is 42.8 Å². The first-order chi connectivity index (χ1) is 18.1. The van der Waals surface area contributed by atoms with Crippen molar-refractivity contribution in [2.75, 3.05) is 6.26 Å². The fourth-order valence-corrected chi connectivity index (χ4v) is 5.56. The van der Waals surface area contributed by atoms with Gasteiger partial charge in [-0.25, -0.2) is 22.8 Å². The van der Waals surface area contributed by atoms with E-state index in [9.17, 15) is 17.9 Å². The lowest BCUT2D eigenvalue weighted by Gasteiger charge is -2.15. The van der Waals surface area contributed by atoms with Crippen molar-refractivity contribution in [3.8, 4) is 39.4 Å². The van der Waals surface area contributed by atoms with Crippen molar-refractivity contribution in [3.63, 3.8) is 0 Å². The zero-order chi connectivity index (χ0) is 27.2. The number of oxazole rings is 1. The average Bonchev–Trinajstić information content (AvgIpc) is 3.49. The summed E-state index contributed by atoms with van der Waals surface area (Å²) in [5.41, 5.74) is 4.18. The molecule has 10 heteroatoms. The van der Waals surface area contributed by atoms with Gasteiger partial charge in [0.1, 0.15) is 17.3 Å². The molecule has 0 saturated carbocycles. The molecule has 2 heterocycles. The summed E-state index contributed by atoms with van der Waals surface area (Å²) in [6, 6.07) is 15.2. The van der Waals surface area contributed by atoms with Gasteiger partial charge in [0, 0.05) is 34.2 Å². The molecule has 0 aliphatic carbocycles. The van der Waals surface area contributed by atoms with E-state index in [0.717, 1.165) is 29.0 Å². The Bertz CT molecular complexity index is 1780. The van der Waals surface area contributed by atoms with Crippen molar-refractivity contribution >= 4 is 21.4 Å². The third-order valence-electron chi connectivity index (χ3n) is 6.23. The van der Waals surface area contributed by atoms with Gasteiger partial charge in [-0.2, -0.15) is 0 Å². The number of rotatable bonds is 6. The predicted molar refractivity (Wildman–Crippen MR) is 143 cm³/mol. The van der Waals surface area contributed by atoms with E-state index < -0.39 is 22.3 Å². The van der Waals surface area contributed by atoms with Crippen LogP contribution in [0.3, 0.4) is 0 Å². The minimum Gasteiger partial charge on any atom is -0.443 e. The molecule has 0 fully saturated rings. The Labute approximate surface area is 224 Å². The molecule has 0 aliphatic heterocycles. The first kappa shape index (κ1) is 25.8. The lowest BCUT2D eigenvalue weighted by atomic mass is 9.97. The molecule has 0 spiro atoms. The highest BCUT2D eigenvalue weighted by molar-refractivity contribution is 7.90. The molecule has 0 atom stereocenters. The van der Waals surface area contributed by atoms with Crippen LogP contribution < -0.4 is 0 Å². The largest absolute Gasteiger partial charge is 0.443 e. The van der Waals surface area contributed by atoms with Crippen molar-refractivity contribution in [3.05, 3.63) is 95.1 Å². The number of sulfone groups is 1. The third kappa shape index (κ3) is 4.76. The molecular weight excluding hydrogens is 529 g/mol. The second kappa shape index (κ2) is 9.83. The molecule has 2 aromatic heterocycles. The van der Waals surface area contributed by atoms with E-state index >= 15 is 0 Å². The molecule has 0 aliphatic rings. The van der Waals surface area contributed by atoms with Gasteiger partial charge in [0.2, 0.25) is 0 Å². The van der Waals surface area contributed by atoms with E-state index in [1.165, 1.54) is 18.5 Å². The normalized spacial score (nSPS) is 11.7. The second-order valence-electron chi connectivity index (χ2n) is 8.93. The number of aromatic nitrogens is 3. The lowest BCUT2D eigenvalue weighted by Crippen LogP contribution is -2.06. The molecular formula is C28H23ClFN3O4S. The minimum absolute atomic E-state index is 0.261. The number of benzene rings is 3. The standard InChI is InChI=1S/C28H23ClFN3O4S/c1-16-13-33(17(2)32-16)25-9-6-19(20-11-24(30)23(14-34)26(12-20)38(3,35)36)10-22(25)28-27(31-15-37-28)18-4-7-21(29)8-5-18/h4-13,15,34H,14H2,1-3H3. The van der Waals surface area contributed by atoms with Gasteiger partial charge in [-0.15, -0.1) is 0 Å². The van der Waals surface area contributed by atoms with Gasteiger partial charge in [0.05, 0.1) is 22.9 Å². The zero-order valence-corrected chi connectivity index (χ0v) is 22.3. The van der Waals surface area contributed by atoms with Crippen LogP contribution in [-0.2, 0) is 16.4 Å². The summed E-state index contributed by atoms with van der Waals surface area (Å²) < 4.78 is 47.5. The Balaban J connectivity index is 1.77. The molecule has 0 bridgehead atoms. The topological polar surface area (TPSA) is 98.2 Å². The van der Waals surface area contributed by atoms with Crippen LogP contribution in [0.25, 0.3) is 39.4 Å². The molecule has 5 aromatic rings. The fraction of sp³-hybridized carbons (Fsp3) is 0.143. The number of hydrogen-bond acceptors (Lipinski definition) is 6. The summed E-state index contributed by atoms with van der Waals surface area (Å²) in [6.45, 7) is 3.04. The molecule has 1 N–H and O–H groups in total. The predicted octanol–water partition coefficient (Wildman–Crippen LogP) is 6.17. The number of aliphatic hydroxyl groups is 1. The van der Waals surface area contributed by atoms with Crippen LogP contribution in [0.2, 0.25) is 5.02 Å². The Morgan fingerprint density at radius 1 is 1.03 bits per heavy atom. The Kier molecular flexibility index (Phi) is 6.68. The molecule has 0 radical (unpaired) electrons. The van der Waals surface area contributed by atoms with Crippen LogP contribution >= 0.6 is 11.6 Å². The number of halogens is 2. The molecule has 0 unspecified atom stereocenters. The molecule has 0 amide bonds. The van der Waals surface area contributed by atoms with Gasteiger partial charge < -0.3 is 14.1 Å². The number of imidazole rings is 1.